The van der Waals surface area contributed by atoms with Crippen LogP contribution in [0.1, 0.15) is 17.6 Å². The van der Waals surface area contributed by atoms with Crippen molar-refractivity contribution in [3.63, 3.8) is 0 Å². The fraction of sp³-hybridized carbons (Fsp3) is 0.200. The van der Waals surface area contributed by atoms with Gasteiger partial charge in [0.1, 0.15) is 0 Å². The zero-order chi connectivity index (χ0) is 19.2. The molecule has 0 aliphatic carbocycles. The minimum absolute atomic E-state index is 0.353. The van der Waals surface area contributed by atoms with Gasteiger partial charge in [-0.05, 0) is 0 Å². The predicted octanol–water partition coefficient (Wildman–Crippen LogP) is 2.34. The minimum Gasteiger partial charge on any atom is -0.475 e. The summed E-state index contributed by atoms with van der Waals surface area (Å²) in [6.45, 7) is 0. The SMILES string of the molecule is N[C@@H](Cc1c[nH]cn1)c1nc(-c2ccccc2)no1.O=C(O)C(F)(F)F. The number of nitrogens with zero attached hydrogens (tertiary/aromatic N) is 3. The molecule has 26 heavy (non-hydrogen) atoms. The number of carbonyl (C=O) groups is 1. The lowest BCUT2D eigenvalue weighted by molar-refractivity contribution is -0.192. The first-order valence-electron chi connectivity index (χ1n) is 7.19. The van der Waals surface area contributed by atoms with E-state index in [0.717, 1.165) is 11.3 Å². The number of hydrogen-bond acceptors (Lipinski definition) is 6. The van der Waals surface area contributed by atoms with Crippen molar-refractivity contribution in [2.45, 2.75) is 18.6 Å². The van der Waals surface area contributed by atoms with E-state index < -0.39 is 12.1 Å². The van der Waals surface area contributed by atoms with E-state index in [1.165, 1.54) is 0 Å². The molecule has 2 aromatic heterocycles. The first-order chi connectivity index (χ1) is 12.3. The number of aliphatic carboxylic acids is 1. The Hall–Kier alpha value is -3.21. The number of aromatic nitrogens is 4. The van der Waals surface area contributed by atoms with Crippen LogP contribution in [-0.2, 0) is 11.2 Å². The van der Waals surface area contributed by atoms with Crippen molar-refractivity contribution in [1.29, 1.82) is 0 Å². The smallest absolute Gasteiger partial charge is 0.475 e. The normalized spacial score (nSPS) is 12.2. The molecule has 2 heterocycles. The first-order valence-corrected chi connectivity index (χ1v) is 7.19. The summed E-state index contributed by atoms with van der Waals surface area (Å²) in [7, 11) is 0. The molecule has 0 fully saturated rings. The molecule has 0 radical (unpaired) electrons. The van der Waals surface area contributed by atoms with E-state index in [1.54, 1.807) is 12.5 Å². The van der Waals surface area contributed by atoms with Crippen LogP contribution < -0.4 is 5.73 Å². The van der Waals surface area contributed by atoms with E-state index in [4.69, 9.17) is 20.2 Å². The van der Waals surface area contributed by atoms with Gasteiger partial charge in [-0.3, -0.25) is 0 Å². The number of nitrogens with two attached hydrogens (primary N) is 1. The van der Waals surface area contributed by atoms with Crippen molar-refractivity contribution in [2.75, 3.05) is 0 Å². The summed E-state index contributed by atoms with van der Waals surface area (Å²) in [5, 5.41) is 11.1. The van der Waals surface area contributed by atoms with E-state index in [-0.39, 0.29) is 6.04 Å². The minimum atomic E-state index is -5.08. The van der Waals surface area contributed by atoms with Gasteiger partial charge < -0.3 is 20.3 Å². The maximum absolute atomic E-state index is 10.6. The van der Waals surface area contributed by atoms with Gasteiger partial charge in [0.25, 0.3) is 0 Å². The number of rotatable bonds is 4. The molecule has 1 aromatic carbocycles. The average Bonchev–Trinajstić information content (AvgIpc) is 3.27. The quantitative estimate of drug-likeness (QED) is 0.643. The number of H-pyrrole nitrogens is 1. The van der Waals surface area contributed by atoms with Gasteiger partial charge in [-0.1, -0.05) is 35.5 Å². The highest BCUT2D eigenvalue weighted by molar-refractivity contribution is 5.73. The summed E-state index contributed by atoms with van der Waals surface area (Å²) < 4.78 is 36.9. The van der Waals surface area contributed by atoms with Crippen LogP contribution in [0.4, 0.5) is 13.2 Å². The maximum Gasteiger partial charge on any atom is 0.490 e. The highest BCUT2D eigenvalue weighted by atomic mass is 19.4. The number of alkyl halides is 3. The van der Waals surface area contributed by atoms with Gasteiger partial charge in [-0.2, -0.15) is 18.2 Å². The number of carboxylic acids is 1. The third-order valence-electron chi connectivity index (χ3n) is 3.02. The highest BCUT2D eigenvalue weighted by Gasteiger charge is 2.38. The van der Waals surface area contributed by atoms with Crippen LogP contribution in [0, 0.1) is 0 Å². The van der Waals surface area contributed by atoms with Crippen LogP contribution in [0.3, 0.4) is 0 Å². The molecule has 0 amide bonds. The Morgan fingerprint density at radius 2 is 1.96 bits per heavy atom. The van der Waals surface area contributed by atoms with Crippen molar-refractivity contribution >= 4 is 5.97 Å². The van der Waals surface area contributed by atoms with Crippen molar-refractivity contribution in [1.82, 2.24) is 20.1 Å². The van der Waals surface area contributed by atoms with Crippen molar-refractivity contribution < 1.29 is 27.6 Å². The van der Waals surface area contributed by atoms with E-state index >= 15 is 0 Å². The van der Waals surface area contributed by atoms with Gasteiger partial charge >= 0.3 is 12.1 Å². The van der Waals surface area contributed by atoms with Crippen LogP contribution in [-0.4, -0.2) is 37.4 Å². The van der Waals surface area contributed by atoms with Crippen molar-refractivity contribution in [3.8, 4) is 11.4 Å². The Morgan fingerprint density at radius 3 is 2.50 bits per heavy atom. The summed E-state index contributed by atoms with van der Waals surface area (Å²) >= 11 is 0. The Kier molecular flexibility index (Phi) is 6.07. The molecule has 8 nitrogen and oxygen atoms in total. The van der Waals surface area contributed by atoms with Crippen molar-refractivity contribution in [2.24, 2.45) is 5.73 Å². The summed E-state index contributed by atoms with van der Waals surface area (Å²) in [4.78, 5) is 20.2. The average molecular weight is 369 g/mol. The lowest BCUT2D eigenvalue weighted by Gasteiger charge is -2.02. The fourth-order valence-electron chi connectivity index (χ4n) is 1.81. The molecular weight excluding hydrogens is 355 g/mol. The predicted molar refractivity (Wildman–Crippen MR) is 82.6 cm³/mol. The van der Waals surface area contributed by atoms with E-state index in [9.17, 15) is 13.2 Å². The summed E-state index contributed by atoms with van der Waals surface area (Å²) in [6.07, 6.45) is -1.11. The van der Waals surface area contributed by atoms with Crippen molar-refractivity contribution in [3.05, 3.63) is 54.4 Å². The third kappa shape index (κ3) is 5.41. The molecule has 3 aromatic rings. The zero-order valence-electron chi connectivity index (χ0n) is 13.1. The summed E-state index contributed by atoms with van der Waals surface area (Å²) in [5.74, 6) is -1.79. The topological polar surface area (TPSA) is 131 Å². The fourth-order valence-corrected chi connectivity index (χ4v) is 1.81. The maximum atomic E-state index is 10.6. The Labute approximate surface area is 144 Å². The number of hydrogen-bond donors (Lipinski definition) is 3. The molecule has 0 bridgehead atoms. The number of halogens is 3. The largest absolute Gasteiger partial charge is 0.490 e. The lowest BCUT2D eigenvalue weighted by atomic mass is 10.2. The Morgan fingerprint density at radius 1 is 1.31 bits per heavy atom. The Bertz CT molecular complexity index is 819. The second kappa shape index (κ2) is 8.25. The molecule has 0 unspecified atom stereocenters. The zero-order valence-corrected chi connectivity index (χ0v) is 13.1. The van der Waals surface area contributed by atoms with Gasteiger partial charge in [0, 0.05) is 18.2 Å². The first kappa shape index (κ1) is 19.1. The third-order valence-corrected chi connectivity index (χ3v) is 3.02. The molecule has 0 saturated carbocycles. The van der Waals surface area contributed by atoms with Crippen LogP contribution in [0.15, 0.2) is 47.4 Å². The Balaban J connectivity index is 0.000000298. The number of benzene rings is 1. The van der Waals surface area contributed by atoms with Gasteiger partial charge in [0.2, 0.25) is 11.7 Å². The standard InChI is InChI=1S/C13H13N5O.C2HF3O2/c14-11(6-10-7-15-8-16-10)13-17-12(18-19-13)9-4-2-1-3-5-9;3-2(4,5)1(6)7/h1-5,7-8,11H,6,14H2,(H,15,16);(H,6,7)/t11-;/m0./s1. The molecule has 0 aliphatic heterocycles. The van der Waals surface area contributed by atoms with Crippen LogP contribution in [0.2, 0.25) is 0 Å². The van der Waals surface area contributed by atoms with Gasteiger partial charge in [-0.15, -0.1) is 0 Å². The molecule has 0 aliphatic rings. The van der Waals surface area contributed by atoms with Gasteiger partial charge in [0.15, 0.2) is 0 Å². The van der Waals surface area contributed by atoms with Gasteiger partial charge in [-0.25, -0.2) is 9.78 Å². The monoisotopic (exact) mass is 369 g/mol. The number of carboxylic acid groups (broad SMARTS) is 1. The van der Waals surface area contributed by atoms with E-state index in [1.807, 2.05) is 30.3 Å². The molecule has 11 heteroatoms. The lowest BCUT2D eigenvalue weighted by Crippen LogP contribution is -2.21. The molecule has 3 rings (SSSR count). The summed E-state index contributed by atoms with van der Waals surface area (Å²) in [6, 6.07) is 9.29. The molecule has 138 valence electrons. The molecule has 1 atom stereocenters. The highest BCUT2D eigenvalue weighted by Crippen LogP contribution is 2.19. The second-order valence-corrected chi connectivity index (χ2v) is 5.00. The molecular formula is C15H14F3N5O3. The number of imidazole rings is 1. The van der Waals surface area contributed by atoms with E-state index in [0.29, 0.717) is 18.1 Å². The molecule has 0 spiro atoms. The number of nitrogens with one attached hydrogen (secondary N) is 1. The van der Waals surface area contributed by atoms with Crippen LogP contribution in [0.25, 0.3) is 11.4 Å². The van der Waals surface area contributed by atoms with Crippen LogP contribution >= 0.6 is 0 Å². The van der Waals surface area contributed by atoms with Crippen LogP contribution in [0.5, 0.6) is 0 Å². The second-order valence-electron chi connectivity index (χ2n) is 5.00. The number of aromatic amines is 1. The summed E-state index contributed by atoms with van der Waals surface area (Å²) in [5.41, 5.74) is 7.80. The molecule has 4 N–H and O–H groups in total. The van der Waals surface area contributed by atoms with Gasteiger partial charge in [0.05, 0.1) is 18.1 Å². The van der Waals surface area contributed by atoms with E-state index in [2.05, 4.69) is 20.1 Å². The molecule has 0 saturated heterocycles.